The highest BCUT2D eigenvalue weighted by Gasteiger charge is 2.17. The molecule has 0 aliphatic carbocycles. The van der Waals surface area contributed by atoms with E-state index in [-0.39, 0.29) is 0 Å². The number of hydrogen-bond acceptors (Lipinski definition) is 2. The molecule has 0 bridgehead atoms. The van der Waals surface area contributed by atoms with Crippen LogP contribution in [0.15, 0.2) is 188 Å². The molecule has 0 atom stereocenters. The molecule has 11 aromatic rings. The van der Waals surface area contributed by atoms with Gasteiger partial charge in [0.05, 0.1) is 0 Å². The third-order valence-electron chi connectivity index (χ3n) is 10.8. The highest BCUT2D eigenvalue weighted by Crippen LogP contribution is 2.44. The standard InChI is InChI=1S/C50H31NS/c1-3-11-40-32(9-1)17-18-36-29-38(26-28-42(36)40)51(39-25-21-34-22-27-46-45-15-7-8-16-49(45)52-50(46)48(34)31-39)37-23-19-33(20-24-37)47-30-35-10-2-4-12-41(35)43-13-5-6-14-44(43)47/h1-31H. The second kappa shape index (κ2) is 11.5. The smallest absolute Gasteiger partial charge is 0.0468 e. The minimum Gasteiger partial charge on any atom is -0.310 e. The summed E-state index contributed by atoms with van der Waals surface area (Å²) in [6.07, 6.45) is 0. The van der Waals surface area contributed by atoms with Crippen LogP contribution in [0.3, 0.4) is 0 Å². The number of benzene rings is 10. The average Bonchev–Trinajstić information content (AvgIpc) is 3.60. The van der Waals surface area contributed by atoms with Crippen LogP contribution >= 0.6 is 11.3 Å². The molecule has 1 nitrogen and oxygen atoms in total. The van der Waals surface area contributed by atoms with E-state index in [1.54, 1.807) is 0 Å². The summed E-state index contributed by atoms with van der Waals surface area (Å²) in [7, 11) is 0. The first-order valence-electron chi connectivity index (χ1n) is 17.8. The van der Waals surface area contributed by atoms with Crippen molar-refractivity contribution in [1.29, 1.82) is 0 Å². The van der Waals surface area contributed by atoms with Crippen LogP contribution in [0.25, 0.3) is 85.2 Å². The van der Waals surface area contributed by atoms with Crippen molar-refractivity contribution < 1.29 is 0 Å². The minimum atomic E-state index is 1.12. The van der Waals surface area contributed by atoms with Crippen LogP contribution in [-0.4, -0.2) is 0 Å². The Morgan fingerprint density at radius 2 is 0.827 bits per heavy atom. The Bertz CT molecular complexity index is 3190. The topological polar surface area (TPSA) is 3.24 Å². The Morgan fingerprint density at radius 1 is 0.308 bits per heavy atom. The molecule has 0 fully saturated rings. The Balaban J connectivity index is 1.11. The van der Waals surface area contributed by atoms with Gasteiger partial charge >= 0.3 is 0 Å². The van der Waals surface area contributed by atoms with Gasteiger partial charge < -0.3 is 4.90 Å². The predicted molar refractivity (Wildman–Crippen MR) is 227 cm³/mol. The van der Waals surface area contributed by atoms with E-state index in [0.29, 0.717) is 0 Å². The van der Waals surface area contributed by atoms with E-state index in [4.69, 9.17) is 0 Å². The molecule has 0 saturated carbocycles. The van der Waals surface area contributed by atoms with Crippen LogP contribution in [0.1, 0.15) is 0 Å². The summed E-state index contributed by atoms with van der Waals surface area (Å²) in [5, 5.41) is 15.3. The van der Waals surface area contributed by atoms with Gasteiger partial charge in [0.15, 0.2) is 0 Å². The first-order valence-corrected chi connectivity index (χ1v) is 18.7. The van der Waals surface area contributed by atoms with E-state index in [1.165, 1.54) is 85.2 Å². The number of anilines is 3. The summed E-state index contributed by atoms with van der Waals surface area (Å²) in [6, 6.07) is 69.3. The molecule has 0 unspecified atom stereocenters. The van der Waals surface area contributed by atoms with Gasteiger partial charge in [-0.1, -0.05) is 140 Å². The lowest BCUT2D eigenvalue weighted by molar-refractivity contribution is 1.30. The quantitative estimate of drug-likeness (QED) is 0.168. The van der Waals surface area contributed by atoms with E-state index in [2.05, 4.69) is 193 Å². The van der Waals surface area contributed by atoms with Crippen LogP contribution in [0.5, 0.6) is 0 Å². The van der Waals surface area contributed by atoms with Crippen LogP contribution in [-0.2, 0) is 0 Å². The summed E-state index contributed by atoms with van der Waals surface area (Å²) < 4.78 is 2.66. The second-order valence-corrected chi connectivity index (χ2v) is 14.8. The fourth-order valence-electron chi connectivity index (χ4n) is 8.30. The number of rotatable bonds is 4. The van der Waals surface area contributed by atoms with Gasteiger partial charge in [0, 0.05) is 42.6 Å². The summed E-state index contributed by atoms with van der Waals surface area (Å²) in [5.41, 5.74) is 5.86. The molecule has 1 heterocycles. The van der Waals surface area contributed by atoms with Crippen molar-refractivity contribution >= 4 is 102 Å². The van der Waals surface area contributed by atoms with Crippen molar-refractivity contribution in [2.45, 2.75) is 0 Å². The molecular weight excluding hydrogens is 647 g/mol. The Hall–Kier alpha value is -6.48. The molecule has 0 aliphatic rings. The number of nitrogens with zero attached hydrogens (tertiary/aromatic N) is 1. The molecule has 52 heavy (non-hydrogen) atoms. The molecule has 242 valence electrons. The molecule has 10 aromatic carbocycles. The average molecular weight is 678 g/mol. The minimum absolute atomic E-state index is 1.12. The third-order valence-corrected chi connectivity index (χ3v) is 12.0. The second-order valence-electron chi connectivity index (χ2n) is 13.7. The van der Waals surface area contributed by atoms with Gasteiger partial charge in [-0.25, -0.2) is 0 Å². The van der Waals surface area contributed by atoms with Crippen molar-refractivity contribution in [3.63, 3.8) is 0 Å². The zero-order valence-corrected chi connectivity index (χ0v) is 29.1. The van der Waals surface area contributed by atoms with Gasteiger partial charge in [0.1, 0.15) is 0 Å². The van der Waals surface area contributed by atoms with Gasteiger partial charge in [-0.15, -0.1) is 11.3 Å². The Labute approximate surface area is 305 Å². The van der Waals surface area contributed by atoms with Gasteiger partial charge in [-0.3, -0.25) is 0 Å². The maximum Gasteiger partial charge on any atom is 0.0468 e. The van der Waals surface area contributed by atoms with E-state index < -0.39 is 0 Å². The van der Waals surface area contributed by atoms with Crippen molar-refractivity contribution in [3.05, 3.63) is 188 Å². The summed E-state index contributed by atoms with van der Waals surface area (Å²) in [6.45, 7) is 0. The maximum absolute atomic E-state index is 2.42. The molecule has 0 spiro atoms. The maximum atomic E-state index is 2.42. The zero-order chi connectivity index (χ0) is 34.2. The highest BCUT2D eigenvalue weighted by atomic mass is 32.1. The zero-order valence-electron chi connectivity index (χ0n) is 28.3. The lowest BCUT2D eigenvalue weighted by Crippen LogP contribution is -2.10. The summed E-state index contributed by atoms with van der Waals surface area (Å²) in [5.74, 6) is 0. The number of fused-ring (bicyclic) bond motifs is 11. The largest absolute Gasteiger partial charge is 0.310 e. The SMILES string of the molecule is c1ccc2c(c1)ccc1cc(N(c3ccc(-c4cc5ccccc5c5ccccc45)cc3)c3ccc4ccc5c6ccccc6sc5c4c3)ccc12. The molecule has 1 aromatic heterocycles. The monoisotopic (exact) mass is 677 g/mol. The molecule has 0 aliphatic heterocycles. The van der Waals surface area contributed by atoms with Crippen LogP contribution in [0, 0.1) is 0 Å². The normalized spacial score (nSPS) is 11.8. The van der Waals surface area contributed by atoms with E-state index in [1.807, 2.05) is 11.3 Å². The highest BCUT2D eigenvalue weighted by molar-refractivity contribution is 7.26. The molecular formula is C50H31NS. The molecule has 0 N–H and O–H groups in total. The van der Waals surface area contributed by atoms with Gasteiger partial charge in [0.2, 0.25) is 0 Å². The lowest BCUT2D eigenvalue weighted by Gasteiger charge is -2.26. The van der Waals surface area contributed by atoms with E-state index in [0.717, 1.165) is 17.1 Å². The fourth-order valence-corrected chi connectivity index (χ4v) is 9.53. The van der Waals surface area contributed by atoms with Gasteiger partial charge in [0.25, 0.3) is 0 Å². The predicted octanol–water partition coefficient (Wildman–Crippen LogP) is 15.0. The van der Waals surface area contributed by atoms with Crippen LogP contribution in [0.4, 0.5) is 17.1 Å². The van der Waals surface area contributed by atoms with Crippen molar-refractivity contribution in [2.75, 3.05) is 4.90 Å². The van der Waals surface area contributed by atoms with Gasteiger partial charge in [-0.05, 0) is 108 Å². The van der Waals surface area contributed by atoms with Crippen LogP contribution < -0.4 is 4.90 Å². The van der Waals surface area contributed by atoms with Crippen LogP contribution in [0.2, 0.25) is 0 Å². The fraction of sp³-hybridized carbons (Fsp3) is 0. The Kier molecular flexibility index (Phi) is 6.49. The number of hydrogen-bond donors (Lipinski definition) is 0. The lowest BCUT2D eigenvalue weighted by atomic mass is 9.93. The first kappa shape index (κ1) is 29.3. The van der Waals surface area contributed by atoms with Gasteiger partial charge in [-0.2, -0.15) is 0 Å². The third kappa shape index (κ3) is 4.55. The van der Waals surface area contributed by atoms with E-state index in [9.17, 15) is 0 Å². The molecule has 0 saturated heterocycles. The summed E-state index contributed by atoms with van der Waals surface area (Å²) in [4.78, 5) is 2.42. The van der Waals surface area contributed by atoms with Crippen molar-refractivity contribution in [1.82, 2.24) is 0 Å². The Morgan fingerprint density at radius 3 is 1.67 bits per heavy atom. The molecule has 11 rings (SSSR count). The molecule has 0 radical (unpaired) electrons. The van der Waals surface area contributed by atoms with Crippen molar-refractivity contribution in [3.8, 4) is 11.1 Å². The summed E-state index contributed by atoms with van der Waals surface area (Å²) >= 11 is 1.89. The molecule has 2 heteroatoms. The first-order chi connectivity index (χ1) is 25.8. The van der Waals surface area contributed by atoms with Crippen molar-refractivity contribution in [2.24, 2.45) is 0 Å². The van der Waals surface area contributed by atoms with E-state index >= 15 is 0 Å². The number of thiophene rings is 1. The molecule has 0 amide bonds.